The largest absolute Gasteiger partial charge is 0.354 e. The van der Waals surface area contributed by atoms with Gasteiger partial charge in [0.1, 0.15) is 0 Å². The molecule has 5 nitrogen and oxygen atoms in total. The van der Waals surface area contributed by atoms with Crippen molar-refractivity contribution in [1.29, 1.82) is 0 Å². The van der Waals surface area contributed by atoms with E-state index in [9.17, 15) is 0 Å². The minimum absolute atomic E-state index is 0.361. The second kappa shape index (κ2) is 5.51. The summed E-state index contributed by atoms with van der Waals surface area (Å²) >= 11 is 0. The highest BCUT2D eigenvalue weighted by Gasteiger charge is 2.33. The van der Waals surface area contributed by atoms with Gasteiger partial charge in [-0.05, 0) is 6.92 Å². The van der Waals surface area contributed by atoms with Crippen molar-refractivity contribution in [3.63, 3.8) is 0 Å². The van der Waals surface area contributed by atoms with Crippen LogP contribution < -0.4 is 11.2 Å². The van der Waals surface area contributed by atoms with Crippen molar-refractivity contribution in [2.45, 2.75) is 18.8 Å². The lowest BCUT2D eigenvalue weighted by molar-refractivity contribution is -0.160. The zero-order valence-electron chi connectivity index (χ0n) is 9.13. The van der Waals surface area contributed by atoms with Gasteiger partial charge in [0.25, 0.3) is 0 Å². The van der Waals surface area contributed by atoms with Crippen LogP contribution in [0.4, 0.5) is 0 Å². The second-order valence-corrected chi connectivity index (χ2v) is 3.43. The van der Waals surface area contributed by atoms with Gasteiger partial charge in [0.2, 0.25) is 0 Å². The molecule has 0 heterocycles. The molecule has 0 aromatic carbocycles. The fraction of sp³-hybridized carbons (Fsp3) is 1.00. The Balaban J connectivity index is 4.39. The molecule has 0 aromatic heterocycles. The SMILES string of the molecule is COC(OC)C(C)(CN)NN(C)C. The summed E-state index contributed by atoms with van der Waals surface area (Å²) in [5.74, 6) is 0. The van der Waals surface area contributed by atoms with E-state index in [1.54, 1.807) is 14.2 Å². The third-order valence-corrected chi connectivity index (χ3v) is 1.85. The molecule has 0 bridgehead atoms. The summed E-state index contributed by atoms with van der Waals surface area (Å²) in [4.78, 5) is 0. The first-order valence-corrected chi connectivity index (χ1v) is 4.21. The number of nitrogens with one attached hydrogen (secondary N) is 1. The predicted octanol–water partition coefficient (Wildman–Crippen LogP) is -0.611. The fourth-order valence-corrected chi connectivity index (χ4v) is 1.32. The molecule has 80 valence electrons. The van der Waals surface area contributed by atoms with Gasteiger partial charge in [0, 0.05) is 34.9 Å². The van der Waals surface area contributed by atoms with Crippen LogP contribution in [0.2, 0.25) is 0 Å². The number of ether oxygens (including phenoxy) is 2. The van der Waals surface area contributed by atoms with Gasteiger partial charge in [-0.15, -0.1) is 0 Å². The average Bonchev–Trinajstić information content (AvgIpc) is 2.05. The minimum atomic E-state index is -0.410. The van der Waals surface area contributed by atoms with Crippen LogP contribution in [0.25, 0.3) is 0 Å². The monoisotopic (exact) mass is 191 g/mol. The second-order valence-electron chi connectivity index (χ2n) is 3.43. The van der Waals surface area contributed by atoms with E-state index in [0.29, 0.717) is 6.54 Å². The molecule has 3 N–H and O–H groups in total. The molecule has 0 saturated carbocycles. The van der Waals surface area contributed by atoms with E-state index in [-0.39, 0.29) is 6.29 Å². The van der Waals surface area contributed by atoms with Gasteiger partial charge in [-0.1, -0.05) is 0 Å². The number of hydrazine groups is 1. The van der Waals surface area contributed by atoms with Crippen LogP contribution in [0, 0.1) is 0 Å². The molecule has 0 rings (SSSR count). The third-order valence-electron chi connectivity index (χ3n) is 1.85. The molecule has 0 saturated heterocycles. The lowest BCUT2D eigenvalue weighted by Gasteiger charge is -2.37. The van der Waals surface area contributed by atoms with Crippen molar-refractivity contribution in [1.82, 2.24) is 10.4 Å². The lowest BCUT2D eigenvalue weighted by atomic mass is 10.0. The molecule has 0 aliphatic rings. The van der Waals surface area contributed by atoms with Gasteiger partial charge < -0.3 is 15.2 Å². The first kappa shape index (κ1) is 12.8. The number of methoxy groups -OCH3 is 2. The topological polar surface area (TPSA) is 59.8 Å². The van der Waals surface area contributed by atoms with E-state index < -0.39 is 5.54 Å². The van der Waals surface area contributed by atoms with Crippen LogP contribution in [0.1, 0.15) is 6.92 Å². The molecule has 0 aliphatic heterocycles. The van der Waals surface area contributed by atoms with Crippen LogP contribution in [0.5, 0.6) is 0 Å². The Hall–Kier alpha value is -0.200. The minimum Gasteiger partial charge on any atom is -0.354 e. The van der Waals surface area contributed by atoms with Crippen molar-refractivity contribution in [2.24, 2.45) is 5.73 Å². The van der Waals surface area contributed by atoms with Crippen LogP contribution in [0.3, 0.4) is 0 Å². The van der Waals surface area contributed by atoms with Gasteiger partial charge >= 0.3 is 0 Å². The first-order chi connectivity index (χ1) is 6.00. The summed E-state index contributed by atoms with van der Waals surface area (Å²) in [6.07, 6.45) is -0.361. The zero-order valence-corrected chi connectivity index (χ0v) is 9.13. The van der Waals surface area contributed by atoms with Crippen LogP contribution in [0.15, 0.2) is 0 Å². The Morgan fingerprint density at radius 1 is 1.38 bits per heavy atom. The molecule has 0 amide bonds. The Bertz CT molecular complexity index is 139. The Labute approximate surface area is 80.1 Å². The van der Waals surface area contributed by atoms with E-state index in [1.165, 1.54) is 0 Å². The van der Waals surface area contributed by atoms with Crippen molar-refractivity contribution in [3.8, 4) is 0 Å². The highest BCUT2D eigenvalue weighted by molar-refractivity contribution is 4.86. The van der Waals surface area contributed by atoms with E-state index in [0.717, 1.165) is 0 Å². The third kappa shape index (κ3) is 3.58. The highest BCUT2D eigenvalue weighted by atomic mass is 16.7. The highest BCUT2D eigenvalue weighted by Crippen LogP contribution is 2.12. The maximum Gasteiger partial charge on any atom is 0.177 e. The normalized spacial score (nSPS) is 16.6. The van der Waals surface area contributed by atoms with Gasteiger partial charge in [-0.25, -0.2) is 10.4 Å². The van der Waals surface area contributed by atoms with Crippen molar-refractivity contribution >= 4 is 0 Å². The van der Waals surface area contributed by atoms with E-state index in [2.05, 4.69) is 5.43 Å². The molecule has 0 aliphatic carbocycles. The van der Waals surface area contributed by atoms with Gasteiger partial charge in [0.15, 0.2) is 6.29 Å². The summed E-state index contributed by atoms with van der Waals surface area (Å²) in [7, 11) is 6.99. The number of hydrogen-bond acceptors (Lipinski definition) is 5. The summed E-state index contributed by atoms with van der Waals surface area (Å²) < 4.78 is 10.3. The van der Waals surface area contributed by atoms with Crippen LogP contribution in [-0.4, -0.2) is 51.7 Å². The first-order valence-electron chi connectivity index (χ1n) is 4.21. The lowest BCUT2D eigenvalue weighted by Crippen LogP contribution is -2.62. The fourth-order valence-electron chi connectivity index (χ4n) is 1.32. The van der Waals surface area contributed by atoms with Gasteiger partial charge in [-0.3, -0.25) is 0 Å². The van der Waals surface area contributed by atoms with Crippen molar-refractivity contribution in [2.75, 3.05) is 34.9 Å². The summed E-state index contributed by atoms with van der Waals surface area (Å²) in [6.45, 7) is 2.38. The molecular weight excluding hydrogens is 170 g/mol. The van der Waals surface area contributed by atoms with Crippen LogP contribution in [-0.2, 0) is 9.47 Å². The standard InChI is InChI=1S/C8H21N3O2/c1-8(6-9,10-11(2)3)7(12-4)13-5/h7,10H,6,9H2,1-5H3. The maximum absolute atomic E-state index is 5.66. The molecule has 0 fully saturated rings. The van der Waals surface area contributed by atoms with E-state index >= 15 is 0 Å². The summed E-state index contributed by atoms with van der Waals surface area (Å²) in [6, 6.07) is 0. The van der Waals surface area contributed by atoms with Crippen LogP contribution >= 0.6 is 0 Å². The Kier molecular flexibility index (Phi) is 5.43. The number of hydrogen-bond donors (Lipinski definition) is 2. The summed E-state index contributed by atoms with van der Waals surface area (Å²) in [5.41, 5.74) is 8.41. The molecule has 1 atom stereocenters. The zero-order chi connectivity index (χ0) is 10.5. The van der Waals surface area contributed by atoms with E-state index in [1.807, 2.05) is 26.0 Å². The van der Waals surface area contributed by atoms with Crippen molar-refractivity contribution in [3.05, 3.63) is 0 Å². The number of nitrogens with two attached hydrogens (primary N) is 1. The molecule has 0 aromatic rings. The predicted molar refractivity (Wildman–Crippen MR) is 52.1 cm³/mol. The number of nitrogens with zero attached hydrogens (tertiary/aromatic N) is 1. The molecular formula is C8H21N3O2. The van der Waals surface area contributed by atoms with Gasteiger partial charge in [-0.2, -0.15) is 0 Å². The maximum atomic E-state index is 5.66. The molecule has 0 spiro atoms. The average molecular weight is 191 g/mol. The van der Waals surface area contributed by atoms with Crippen molar-refractivity contribution < 1.29 is 9.47 Å². The quantitative estimate of drug-likeness (QED) is 0.433. The van der Waals surface area contributed by atoms with Gasteiger partial charge in [0.05, 0.1) is 5.54 Å². The summed E-state index contributed by atoms with van der Waals surface area (Å²) in [5, 5.41) is 1.83. The molecule has 5 heteroatoms. The Morgan fingerprint density at radius 3 is 2.08 bits per heavy atom. The van der Waals surface area contributed by atoms with E-state index in [4.69, 9.17) is 15.2 Å². The number of rotatable bonds is 6. The Morgan fingerprint density at radius 2 is 1.85 bits per heavy atom. The molecule has 0 radical (unpaired) electrons. The smallest absolute Gasteiger partial charge is 0.177 e. The molecule has 13 heavy (non-hydrogen) atoms. The molecule has 1 unspecified atom stereocenters.